The summed E-state index contributed by atoms with van der Waals surface area (Å²) in [5, 5.41) is 10.6. The van der Waals surface area contributed by atoms with Gasteiger partial charge in [-0.15, -0.1) is 0 Å². The van der Waals surface area contributed by atoms with Crippen molar-refractivity contribution in [3.63, 3.8) is 0 Å². The molecule has 100 heavy (non-hydrogen) atoms. The molecule has 594 valence electrons. The smallest absolute Gasteiger partial charge is 0.462 e. The van der Waals surface area contributed by atoms with Crippen molar-refractivity contribution in [3.05, 3.63) is 0 Å². The monoisotopic (exact) mass is 1470 g/mol. The van der Waals surface area contributed by atoms with Gasteiger partial charge in [-0.1, -0.05) is 375 Å². The van der Waals surface area contributed by atoms with E-state index in [0.717, 1.165) is 102 Å². The fourth-order valence-electron chi connectivity index (χ4n) is 12.5. The van der Waals surface area contributed by atoms with Crippen LogP contribution in [0.1, 0.15) is 427 Å². The second kappa shape index (κ2) is 72.6. The summed E-state index contributed by atoms with van der Waals surface area (Å²) < 4.78 is 68.7. The number of aliphatic hydroxyl groups is 1. The number of unbranched alkanes of at least 4 members (excludes halogenated alkanes) is 50. The molecule has 0 aliphatic rings. The summed E-state index contributed by atoms with van der Waals surface area (Å²) in [4.78, 5) is 73.0. The minimum Gasteiger partial charge on any atom is -0.462 e. The number of carbonyl (C=O) groups is 4. The number of hydrogen-bond acceptors (Lipinski definition) is 15. The fraction of sp³-hybridized carbons (Fsp3) is 0.951. The second-order valence-electron chi connectivity index (χ2n) is 30.1. The number of ether oxygens (including phenoxy) is 4. The van der Waals surface area contributed by atoms with Gasteiger partial charge in [0, 0.05) is 25.7 Å². The molecule has 0 radical (unpaired) electrons. The number of phosphoric acid groups is 2. The Hall–Kier alpha value is -1.94. The van der Waals surface area contributed by atoms with Crippen LogP contribution in [0.3, 0.4) is 0 Å². The molecule has 19 heteroatoms. The molecule has 0 fully saturated rings. The lowest BCUT2D eigenvalue weighted by Gasteiger charge is -2.21. The van der Waals surface area contributed by atoms with E-state index in [1.54, 1.807) is 0 Å². The topological polar surface area (TPSA) is 237 Å². The quantitative estimate of drug-likeness (QED) is 0.0222. The van der Waals surface area contributed by atoms with Crippen molar-refractivity contribution >= 4 is 39.5 Å². The third-order valence-electron chi connectivity index (χ3n) is 19.0. The summed E-state index contributed by atoms with van der Waals surface area (Å²) in [6, 6.07) is 0. The molecule has 0 aromatic rings. The first-order chi connectivity index (χ1) is 48.4. The molecule has 0 aromatic heterocycles. The van der Waals surface area contributed by atoms with Crippen LogP contribution in [0, 0.1) is 11.8 Å². The van der Waals surface area contributed by atoms with Gasteiger partial charge < -0.3 is 33.8 Å². The number of hydrogen-bond donors (Lipinski definition) is 3. The highest BCUT2D eigenvalue weighted by Crippen LogP contribution is 2.45. The molecule has 0 saturated carbocycles. The molecule has 0 aromatic carbocycles. The first-order valence-corrected chi connectivity index (χ1v) is 45.0. The highest BCUT2D eigenvalue weighted by atomic mass is 31.2. The molecule has 0 heterocycles. The maximum absolute atomic E-state index is 13.1. The van der Waals surface area contributed by atoms with Gasteiger partial charge in [0.1, 0.15) is 19.3 Å². The lowest BCUT2D eigenvalue weighted by Crippen LogP contribution is -2.30. The summed E-state index contributed by atoms with van der Waals surface area (Å²) in [5.41, 5.74) is 0. The molecule has 0 rings (SSSR count). The second-order valence-corrected chi connectivity index (χ2v) is 33.0. The van der Waals surface area contributed by atoms with Crippen LogP contribution in [0.25, 0.3) is 0 Å². The Kier molecular flexibility index (Phi) is 71.2. The van der Waals surface area contributed by atoms with Crippen molar-refractivity contribution in [2.45, 2.75) is 445 Å². The number of carbonyl (C=O) groups excluding carboxylic acids is 4. The number of aliphatic hydroxyl groups excluding tert-OH is 1. The summed E-state index contributed by atoms with van der Waals surface area (Å²) in [7, 11) is -9.92. The third kappa shape index (κ3) is 74.3. The van der Waals surface area contributed by atoms with Gasteiger partial charge in [-0.25, -0.2) is 9.13 Å². The third-order valence-corrected chi connectivity index (χ3v) is 20.9. The van der Waals surface area contributed by atoms with E-state index in [9.17, 15) is 43.2 Å². The predicted molar refractivity (Wildman–Crippen MR) is 409 cm³/mol. The molecule has 17 nitrogen and oxygen atoms in total. The van der Waals surface area contributed by atoms with Crippen molar-refractivity contribution in [2.75, 3.05) is 39.6 Å². The number of rotatable bonds is 80. The summed E-state index contributed by atoms with van der Waals surface area (Å²) in [6.45, 7) is 9.55. The minimum atomic E-state index is -4.96. The first kappa shape index (κ1) is 98.1. The first-order valence-electron chi connectivity index (χ1n) is 42.0. The van der Waals surface area contributed by atoms with Crippen LogP contribution in [0.2, 0.25) is 0 Å². The van der Waals surface area contributed by atoms with Gasteiger partial charge in [0.05, 0.1) is 26.4 Å². The Labute approximate surface area is 613 Å². The normalized spacial score (nSPS) is 13.9. The van der Waals surface area contributed by atoms with Gasteiger partial charge >= 0.3 is 39.5 Å². The Morgan fingerprint density at radius 2 is 0.460 bits per heavy atom. The van der Waals surface area contributed by atoms with Gasteiger partial charge in [-0.05, 0) is 37.5 Å². The molecule has 0 aliphatic heterocycles. The maximum atomic E-state index is 13.1. The van der Waals surface area contributed by atoms with Crippen molar-refractivity contribution in [2.24, 2.45) is 11.8 Å². The molecule has 0 saturated heterocycles. The number of esters is 4. The van der Waals surface area contributed by atoms with Crippen molar-refractivity contribution in [1.82, 2.24) is 0 Å². The Morgan fingerprint density at radius 1 is 0.270 bits per heavy atom. The average molecular weight is 1470 g/mol. The van der Waals surface area contributed by atoms with Gasteiger partial charge in [0.15, 0.2) is 12.2 Å². The van der Waals surface area contributed by atoms with E-state index in [1.165, 1.54) is 238 Å². The Balaban J connectivity index is 5.20. The molecule has 5 atom stereocenters. The van der Waals surface area contributed by atoms with Crippen LogP contribution in [0.5, 0.6) is 0 Å². The molecule has 3 N–H and O–H groups in total. The predicted octanol–water partition coefficient (Wildman–Crippen LogP) is 24.3. The van der Waals surface area contributed by atoms with E-state index in [1.807, 2.05) is 0 Å². The summed E-state index contributed by atoms with van der Waals surface area (Å²) in [6.07, 6.45) is 62.7. The molecule has 0 bridgehead atoms. The fourth-order valence-corrected chi connectivity index (χ4v) is 14.1. The zero-order valence-electron chi connectivity index (χ0n) is 65.5. The number of phosphoric ester groups is 2. The largest absolute Gasteiger partial charge is 0.472 e. The maximum Gasteiger partial charge on any atom is 0.472 e. The highest BCUT2D eigenvalue weighted by molar-refractivity contribution is 7.47. The van der Waals surface area contributed by atoms with Crippen molar-refractivity contribution < 1.29 is 80.2 Å². The van der Waals surface area contributed by atoms with E-state index in [2.05, 4.69) is 41.5 Å². The van der Waals surface area contributed by atoms with E-state index >= 15 is 0 Å². The van der Waals surface area contributed by atoms with Crippen LogP contribution < -0.4 is 0 Å². The molecular weight excluding hydrogens is 1310 g/mol. The molecule has 0 aliphatic carbocycles. The van der Waals surface area contributed by atoms with Crippen LogP contribution in [-0.2, 0) is 65.4 Å². The summed E-state index contributed by atoms with van der Waals surface area (Å²) in [5.74, 6) is -0.671. The molecule has 0 spiro atoms. The Morgan fingerprint density at radius 3 is 0.680 bits per heavy atom. The zero-order valence-corrected chi connectivity index (χ0v) is 67.3. The van der Waals surface area contributed by atoms with Crippen LogP contribution >= 0.6 is 15.6 Å². The van der Waals surface area contributed by atoms with Gasteiger partial charge in [-0.2, -0.15) is 0 Å². The highest BCUT2D eigenvalue weighted by Gasteiger charge is 2.30. The molecular formula is C81H158O17P2. The van der Waals surface area contributed by atoms with E-state index in [4.69, 9.17) is 37.0 Å². The molecule has 2 unspecified atom stereocenters. The van der Waals surface area contributed by atoms with Crippen LogP contribution in [0.4, 0.5) is 0 Å². The van der Waals surface area contributed by atoms with Gasteiger partial charge in [0.25, 0.3) is 0 Å². The van der Waals surface area contributed by atoms with E-state index in [0.29, 0.717) is 31.6 Å². The lowest BCUT2D eigenvalue weighted by atomic mass is 10.0. The molecule has 0 amide bonds. The van der Waals surface area contributed by atoms with E-state index in [-0.39, 0.29) is 25.7 Å². The minimum absolute atomic E-state index is 0.105. The van der Waals surface area contributed by atoms with Crippen LogP contribution in [-0.4, -0.2) is 96.7 Å². The zero-order chi connectivity index (χ0) is 73.5. The van der Waals surface area contributed by atoms with Crippen LogP contribution in [0.15, 0.2) is 0 Å². The van der Waals surface area contributed by atoms with Crippen molar-refractivity contribution in [3.8, 4) is 0 Å². The summed E-state index contributed by atoms with van der Waals surface area (Å²) >= 11 is 0. The van der Waals surface area contributed by atoms with Gasteiger partial charge in [-0.3, -0.25) is 37.3 Å². The average Bonchev–Trinajstić information content (AvgIpc) is 0.917. The lowest BCUT2D eigenvalue weighted by molar-refractivity contribution is -0.161. The van der Waals surface area contributed by atoms with E-state index < -0.39 is 97.5 Å². The SMILES string of the molecule is CCCCCCCCCCCCCCCCCCCCCCCCC(=O)O[C@H](COC(=O)CCCCCCCCCCCCCCCCCC)COP(=O)(O)OC[C@@H](O)COP(=O)(O)OC[C@@H](COC(=O)CCCCCCCCCC(C)C)OC(=O)CCCCCCCCCCCC(C)C. The Bertz CT molecular complexity index is 1920. The standard InChI is InChI=1S/C81H158O17P2/c1-7-9-11-13-15-17-19-21-23-25-26-27-28-29-30-32-34-36-40-46-53-59-65-80(85)97-76(69-91-78(83)63-57-51-45-39-35-33-31-24-22-20-18-16-14-12-10-8-2)71-95-99(87,88)93-67-75(82)68-94-100(89,90)96-72-77(70-92-79(84)64-58-52-48-42-44-50-56-62-74(5)6)98-81(86)66-60-54-47-41-37-38-43-49-55-61-73(3)4/h73-77,82H,7-72H2,1-6H3,(H,87,88)(H,89,90)/t75-,76-,77-/m1/s1. The van der Waals surface area contributed by atoms with Gasteiger partial charge in [0.2, 0.25) is 0 Å². The van der Waals surface area contributed by atoms with Crippen molar-refractivity contribution in [1.29, 1.82) is 0 Å².